The van der Waals surface area contributed by atoms with Gasteiger partial charge >= 0.3 is 0 Å². The number of ketones is 1. The molecule has 3 heterocycles. The molecule has 0 fully saturated rings. The molecular weight excluding hydrogens is 452 g/mol. The Hall–Kier alpha value is -2.58. The number of aromatic amines is 1. The van der Waals surface area contributed by atoms with Crippen LogP contribution in [0.15, 0.2) is 62.8 Å². The molecule has 1 N–H and O–H groups in total. The van der Waals surface area contributed by atoms with Crippen molar-refractivity contribution in [2.24, 2.45) is 0 Å². The van der Waals surface area contributed by atoms with Crippen molar-refractivity contribution in [3.8, 4) is 11.4 Å². The van der Waals surface area contributed by atoms with Gasteiger partial charge in [0.1, 0.15) is 5.76 Å². The number of thioether (sulfide) groups is 1. The summed E-state index contributed by atoms with van der Waals surface area (Å²) in [7, 11) is 0. The van der Waals surface area contributed by atoms with Gasteiger partial charge < -0.3 is 8.98 Å². The highest BCUT2D eigenvalue weighted by atomic mass is 79.9. The van der Waals surface area contributed by atoms with Crippen LogP contribution >= 0.6 is 27.7 Å². The second-order valence-electron chi connectivity index (χ2n) is 6.64. The van der Waals surface area contributed by atoms with Gasteiger partial charge in [0, 0.05) is 27.0 Å². The van der Waals surface area contributed by atoms with Crippen LogP contribution < -0.4 is 0 Å². The second kappa shape index (κ2) is 8.42. The van der Waals surface area contributed by atoms with Crippen molar-refractivity contribution in [1.82, 2.24) is 19.7 Å². The lowest BCUT2D eigenvalue weighted by Gasteiger charge is -2.07. The SMILES string of the molecule is Cc1cc(C(=O)CSc2n[nH]c(-c3ccc(Br)cc3)n2)c(C)n1Cc1ccco1. The molecule has 148 valence electrons. The lowest BCUT2D eigenvalue weighted by molar-refractivity contribution is 0.102. The zero-order chi connectivity index (χ0) is 20.4. The van der Waals surface area contributed by atoms with Gasteiger partial charge in [0.2, 0.25) is 5.16 Å². The molecule has 0 saturated carbocycles. The Labute approximate surface area is 180 Å². The molecule has 0 unspecified atom stereocenters. The van der Waals surface area contributed by atoms with Gasteiger partial charge in [-0.1, -0.05) is 39.8 Å². The smallest absolute Gasteiger partial charge is 0.209 e. The summed E-state index contributed by atoms with van der Waals surface area (Å²) < 4.78 is 8.53. The summed E-state index contributed by atoms with van der Waals surface area (Å²) in [6, 6.07) is 13.6. The minimum absolute atomic E-state index is 0.0591. The van der Waals surface area contributed by atoms with Crippen molar-refractivity contribution < 1.29 is 9.21 Å². The monoisotopic (exact) mass is 470 g/mol. The van der Waals surface area contributed by atoms with Crippen LogP contribution in [0.5, 0.6) is 0 Å². The highest BCUT2D eigenvalue weighted by Gasteiger charge is 2.17. The number of Topliss-reactive ketones (excluding diaryl/α,β-unsaturated/α-hetero) is 1. The van der Waals surface area contributed by atoms with E-state index in [1.165, 1.54) is 11.8 Å². The first-order valence-electron chi connectivity index (χ1n) is 9.04. The molecule has 0 bridgehead atoms. The summed E-state index contributed by atoms with van der Waals surface area (Å²) in [5.74, 6) is 1.89. The number of hydrogen-bond acceptors (Lipinski definition) is 5. The molecule has 3 aromatic heterocycles. The summed E-state index contributed by atoms with van der Waals surface area (Å²) in [5, 5.41) is 7.71. The first kappa shape index (κ1) is 19.7. The largest absolute Gasteiger partial charge is 0.467 e. The number of aryl methyl sites for hydroxylation is 1. The second-order valence-corrected chi connectivity index (χ2v) is 8.49. The van der Waals surface area contributed by atoms with Crippen molar-refractivity contribution in [3.05, 3.63) is 75.9 Å². The molecule has 0 spiro atoms. The van der Waals surface area contributed by atoms with E-state index in [9.17, 15) is 4.79 Å². The summed E-state index contributed by atoms with van der Waals surface area (Å²) in [6.07, 6.45) is 1.66. The van der Waals surface area contributed by atoms with Crippen LogP contribution in [0.2, 0.25) is 0 Å². The lowest BCUT2D eigenvalue weighted by Crippen LogP contribution is -2.07. The quantitative estimate of drug-likeness (QED) is 0.294. The Bertz CT molecular complexity index is 1130. The fourth-order valence-corrected chi connectivity index (χ4v) is 4.09. The highest BCUT2D eigenvalue weighted by molar-refractivity contribution is 9.10. The maximum Gasteiger partial charge on any atom is 0.209 e. The van der Waals surface area contributed by atoms with Crippen LogP contribution in [-0.2, 0) is 6.54 Å². The number of carbonyl (C=O) groups excluding carboxylic acids is 1. The van der Waals surface area contributed by atoms with Crippen LogP contribution in [0.4, 0.5) is 0 Å². The zero-order valence-corrected chi connectivity index (χ0v) is 18.4. The molecule has 0 saturated heterocycles. The number of H-pyrrole nitrogens is 1. The summed E-state index contributed by atoms with van der Waals surface area (Å²) in [4.78, 5) is 17.3. The molecular formula is C21H19BrN4O2S. The summed E-state index contributed by atoms with van der Waals surface area (Å²) in [5.41, 5.74) is 3.64. The van der Waals surface area contributed by atoms with E-state index in [1.807, 2.05) is 56.3 Å². The van der Waals surface area contributed by atoms with Gasteiger partial charge in [0.25, 0.3) is 0 Å². The number of furan rings is 1. The molecule has 0 amide bonds. The van der Waals surface area contributed by atoms with Crippen LogP contribution in [0.1, 0.15) is 27.5 Å². The van der Waals surface area contributed by atoms with E-state index in [-0.39, 0.29) is 11.5 Å². The van der Waals surface area contributed by atoms with Crippen molar-refractivity contribution in [3.63, 3.8) is 0 Å². The van der Waals surface area contributed by atoms with E-state index in [0.717, 1.165) is 32.7 Å². The molecule has 1 aromatic carbocycles. The average Bonchev–Trinajstić information content (AvgIpc) is 3.45. The van der Waals surface area contributed by atoms with Gasteiger partial charge in [-0.25, -0.2) is 4.98 Å². The third kappa shape index (κ3) is 4.38. The van der Waals surface area contributed by atoms with E-state index < -0.39 is 0 Å². The molecule has 6 nitrogen and oxygen atoms in total. The molecule has 0 aliphatic rings. The minimum Gasteiger partial charge on any atom is -0.467 e. The van der Waals surface area contributed by atoms with Gasteiger partial charge in [0.15, 0.2) is 11.6 Å². The first-order valence-corrected chi connectivity index (χ1v) is 10.8. The van der Waals surface area contributed by atoms with E-state index in [1.54, 1.807) is 6.26 Å². The van der Waals surface area contributed by atoms with Crippen LogP contribution in [0.3, 0.4) is 0 Å². The van der Waals surface area contributed by atoms with E-state index in [2.05, 4.69) is 35.7 Å². The van der Waals surface area contributed by atoms with Crippen molar-refractivity contribution >= 4 is 33.5 Å². The Kier molecular flexibility index (Phi) is 5.73. The number of benzene rings is 1. The molecule has 0 aliphatic carbocycles. The highest BCUT2D eigenvalue weighted by Crippen LogP contribution is 2.23. The minimum atomic E-state index is 0.0591. The Morgan fingerprint density at radius 2 is 2.03 bits per heavy atom. The van der Waals surface area contributed by atoms with Crippen LogP contribution in [-0.4, -0.2) is 31.3 Å². The van der Waals surface area contributed by atoms with E-state index >= 15 is 0 Å². The lowest BCUT2D eigenvalue weighted by atomic mass is 10.2. The molecule has 29 heavy (non-hydrogen) atoms. The van der Waals surface area contributed by atoms with Gasteiger partial charge in [-0.2, -0.15) is 0 Å². The average molecular weight is 471 g/mol. The fourth-order valence-electron chi connectivity index (χ4n) is 3.14. The number of hydrogen-bond donors (Lipinski definition) is 1. The van der Waals surface area contributed by atoms with Crippen molar-refractivity contribution in [2.45, 2.75) is 25.5 Å². The third-order valence-electron chi connectivity index (χ3n) is 4.68. The van der Waals surface area contributed by atoms with Crippen molar-refractivity contribution in [2.75, 3.05) is 5.75 Å². The number of carbonyl (C=O) groups is 1. The normalized spacial score (nSPS) is 11.1. The van der Waals surface area contributed by atoms with Gasteiger partial charge in [-0.15, -0.1) is 5.10 Å². The Morgan fingerprint density at radius 3 is 2.76 bits per heavy atom. The van der Waals surface area contributed by atoms with Crippen LogP contribution in [0, 0.1) is 13.8 Å². The van der Waals surface area contributed by atoms with Gasteiger partial charge in [-0.05, 0) is 44.2 Å². The number of aromatic nitrogens is 4. The molecule has 0 radical (unpaired) electrons. The molecule has 0 aliphatic heterocycles. The van der Waals surface area contributed by atoms with Crippen molar-refractivity contribution in [1.29, 1.82) is 0 Å². The molecule has 4 aromatic rings. The van der Waals surface area contributed by atoms with E-state index in [4.69, 9.17) is 4.42 Å². The standard InChI is InChI=1S/C21H19BrN4O2S/c1-13-10-18(14(2)26(13)11-17-4-3-9-28-17)19(27)12-29-21-23-20(24-25-21)15-5-7-16(22)8-6-15/h3-10H,11-12H2,1-2H3,(H,23,24,25). The Morgan fingerprint density at radius 1 is 1.24 bits per heavy atom. The van der Waals surface area contributed by atoms with Gasteiger partial charge in [0.05, 0.1) is 18.6 Å². The predicted molar refractivity (Wildman–Crippen MR) is 116 cm³/mol. The molecule has 8 heteroatoms. The van der Waals surface area contributed by atoms with Gasteiger partial charge in [-0.3, -0.25) is 9.89 Å². The Balaban J connectivity index is 1.43. The van der Waals surface area contributed by atoms with Crippen LogP contribution in [0.25, 0.3) is 11.4 Å². The molecule has 0 atom stereocenters. The predicted octanol–water partition coefficient (Wildman–Crippen LogP) is 5.27. The maximum atomic E-state index is 12.8. The van der Waals surface area contributed by atoms with E-state index in [0.29, 0.717) is 17.5 Å². The third-order valence-corrected chi connectivity index (χ3v) is 6.06. The first-order chi connectivity index (χ1) is 14.0. The zero-order valence-electron chi connectivity index (χ0n) is 16.0. The summed E-state index contributed by atoms with van der Waals surface area (Å²) in [6.45, 7) is 4.58. The number of nitrogens with zero attached hydrogens (tertiary/aromatic N) is 3. The number of halogens is 1. The number of nitrogens with one attached hydrogen (secondary N) is 1. The maximum absolute atomic E-state index is 12.8. The topological polar surface area (TPSA) is 76.7 Å². The summed E-state index contributed by atoms with van der Waals surface area (Å²) >= 11 is 4.75. The fraction of sp³-hybridized carbons (Fsp3) is 0.190. The molecule has 4 rings (SSSR count). The number of rotatable bonds is 7.